The van der Waals surface area contributed by atoms with Crippen LogP contribution < -0.4 is 20.0 Å². The molecule has 14 atom stereocenters. The van der Waals surface area contributed by atoms with Gasteiger partial charge in [-0.25, -0.2) is 0 Å². The topological polar surface area (TPSA) is 45.3 Å². The number of nitrogens with one attached hydrogen (secondary N) is 1. The van der Waals surface area contributed by atoms with Gasteiger partial charge in [-0.15, -0.1) is 0 Å². The highest BCUT2D eigenvalue weighted by molar-refractivity contribution is 6.09. The number of hydrogen-bond donors (Lipinski definition) is 1. The van der Waals surface area contributed by atoms with E-state index < -0.39 is 0 Å². The largest absolute Gasteiger partial charge is 0.339 e. The van der Waals surface area contributed by atoms with Gasteiger partial charge in [-0.3, -0.25) is 9.69 Å². The van der Waals surface area contributed by atoms with Gasteiger partial charge < -0.3 is 24.9 Å². The van der Waals surface area contributed by atoms with E-state index in [1.807, 2.05) is 0 Å². The quantitative estimate of drug-likeness (QED) is 0.265. The number of nitrogens with zero attached hydrogens (tertiary/aromatic N) is 5. The molecule has 2 spiro atoms. The van der Waals surface area contributed by atoms with Crippen molar-refractivity contribution in [2.75, 3.05) is 47.9 Å². The summed E-state index contributed by atoms with van der Waals surface area (Å²) in [7, 11) is 2.41. The summed E-state index contributed by atoms with van der Waals surface area (Å²) >= 11 is 0. The van der Waals surface area contributed by atoms with Crippen LogP contribution in [0.1, 0.15) is 82.9 Å². The van der Waals surface area contributed by atoms with E-state index in [0.717, 1.165) is 51.0 Å². The highest BCUT2D eigenvalue weighted by Gasteiger charge is 2.72. The molecule has 1 N–H and O–H groups in total. The van der Waals surface area contributed by atoms with E-state index >= 15 is 4.79 Å². The van der Waals surface area contributed by atoms with Gasteiger partial charge in [0.2, 0.25) is 0 Å². The zero-order valence-corrected chi connectivity index (χ0v) is 38.9. The maximum Gasteiger partial charge on any atom is 0.254 e. The number of benzene rings is 3. The Morgan fingerprint density at radius 1 is 0.862 bits per heavy atom. The lowest BCUT2D eigenvalue weighted by atomic mass is 9.52. The third-order valence-electron chi connectivity index (χ3n) is 21.1. The summed E-state index contributed by atoms with van der Waals surface area (Å²) in [6, 6.07) is 29.7. The molecule has 3 saturated carbocycles. The average molecular weight is 861 g/mol. The first-order valence-corrected chi connectivity index (χ1v) is 25.6. The highest BCUT2D eigenvalue weighted by Crippen LogP contribution is 2.69. The molecule has 0 radical (unpaired) electrons. The van der Waals surface area contributed by atoms with Crippen molar-refractivity contribution in [2.45, 2.75) is 119 Å². The van der Waals surface area contributed by atoms with Gasteiger partial charge in [0.05, 0.1) is 18.1 Å². The van der Waals surface area contributed by atoms with Gasteiger partial charge >= 0.3 is 0 Å². The molecule has 3 aromatic carbocycles. The minimum Gasteiger partial charge on any atom is -0.339 e. The van der Waals surface area contributed by atoms with E-state index in [1.54, 1.807) is 16.7 Å². The Balaban J connectivity index is 0.953. The van der Waals surface area contributed by atoms with Crippen molar-refractivity contribution >= 4 is 23.0 Å². The smallest absolute Gasteiger partial charge is 0.254 e. The van der Waals surface area contributed by atoms with Crippen molar-refractivity contribution in [1.29, 1.82) is 0 Å². The standard InChI is InChI=1S/C58H64N6O/c1-6-33(3)38-28-49-56(21-24-60(49)5)42-14-8-11-17-45(42)62-31-40-36-20-23-59-48(27-36)58(43-15-9-12-18-46(43)63(51(40)58)32-41(38)52(56)62)29-37-26-39-34(4)50-35(7-2)30-61-25-22-57(54(50)61)44-16-10-13-19-47(44)64(53(39)57)55(37)65/h7-20,26,31-34,38-39,48-54,59H,6,21-25,27-30H2,1-5H3/b35-7?,40-31-,41-32?/t33-,34-,38+,39-,48-,49+,50-,51-,52+,53-,54+,56-,57+,58+/m1/s1. The van der Waals surface area contributed by atoms with Gasteiger partial charge in [-0.05, 0) is 129 Å². The Bertz CT molecular complexity index is 2800. The van der Waals surface area contributed by atoms with Gasteiger partial charge in [0.25, 0.3) is 5.91 Å². The van der Waals surface area contributed by atoms with Crippen LogP contribution in [-0.4, -0.2) is 85.2 Å². The molecule has 0 aromatic heterocycles. The number of carbonyl (C=O) groups excluding carboxylic acids is 1. The zero-order valence-electron chi connectivity index (χ0n) is 38.9. The molecule has 9 aliphatic heterocycles. The van der Waals surface area contributed by atoms with Gasteiger partial charge in [-0.2, -0.15) is 0 Å². The fourth-order valence-electron chi connectivity index (χ4n) is 18.5. The molecule has 15 rings (SSSR count). The second kappa shape index (κ2) is 12.8. The molecule has 65 heavy (non-hydrogen) atoms. The van der Waals surface area contributed by atoms with Crippen LogP contribution in [0, 0.1) is 29.6 Å². The number of rotatable bonds is 4. The SMILES string of the molecule is CC=C1CN2CC[C@@]34c5ccccc5N5C(=O)C(C[C@]67c8ccccc8N8C=C9[C@H]([C@H](C)CC)C[C@@H]%10N(C)CC[C@@]%10%11c%10ccccc%10N(/C=C(/C%10=CCN[C@@H]6C%10)[C@@H]87)[C@@H]9%11)=C[C@H]([C@@H](C)[C@H]1[C@H]23)[C@@H]54. The van der Waals surface area contributed by atoms with E-state index in [4.69, 9.17) is 0 Å². The van der Waals surface area contributed by atoms with Crippen LogP contribution in [0.15, 0.2) is 131 Å². The Labute approximate surface area is 385 Å². The van der Waals surface area contributed by atoms with Crippen molar-refractivity contribution in [1.82, 2.24) is 15.1 Å². The van der Waals surface area contributed by atoms with Crippen LogP contribution >= 0.6 is 0 Å². The Morgan fingerprint density at radius 3 is 2.35 bits per heavy atom. The number of likely N-dealkylation sites (N-methyl/N-ethyl adjacent to an activating group) is 1. The number of anilines is 3. The van der Waals surface area contributed by atoms with Crippen LogP contribution in [0.3, 0.4) is 0 Å². The molecule has 7 nitrogen and oxygen atoms in total. The summed E-state index contributed by atoms with van der Waals surface area (Å²) in [6.07, 6.45) is 19.4. The molecule has 0 unspecified atom stereocenters. The molecule has 1 amide bonds. The normalized spacial score (nSPS) is 42.6. The minimum atomic E-state index is -0.366. The maximum absolute atomic E-state index is 16.1. The first-order chi connectivity index (χ1) is 31.8. The molecule has 3 aliphatic carbocycles. The van der Waals surface area contributed by atoms with E-state index in [1.165, 1.54) is 58.6 Å². The van der Waals surface area contributed by atoms with Crippen molar-refractivity contribution in [3.63, 3.8) is 0 Å². The van der Waals surface area contributed by atoms with E-state index in [9.17, 15) is 0 Å². The summed E-state index contributed by atoms with van der Waals surface area (Å²) in [5.74, 6) is 2.53. The number of hydrogen-bond acceptors (Lipinski definition) is 6. The zero-order chi connectivity index (χ0) is 43.5. The molecule has 3 aromatic rings. The number of carbonyl (C=O) groups is 1. The third kappa shape index (κ3) is 4.28. The summed E-state index contributed by atoms with van der Waals surface area (Å²) < 4.78 is 0. The molecule has 12 aliphatic rings. The number of fused-ring (bicyclic) bond motifs is 11. The number of allylic oxidation sites excluding steroid dienone is 1. The van der Waals surface area contributed by atoms with E-state index in [-0.39, 0.29) is 52.2 Å². The molecule has 7 heteroatoms. The summed E-state index contributed by atoms with van der Waals surface area (Å²) in [6.45, 7) is 13.9. The molecule has 6 fully saturated rings. The lowest BCUT2D eigenvalue weighted by Crippen LogP contribution is -2.66. The van der Waals surface area contributed by atoms with Crippen LogP contribution in [0.4, 0.5) is 17.1 Å². The van der Waals surface area contributed by atoms with Crippen LogP contribution in [0.25, 0.3) is 0 Å². The first-order valence-electron chi connectivity index (χ1n) is 25.6. The first kappa shape index (κ1) is 38.4. The summed E-state index contributed by atoms with van der Waals surface area (Å²) in [5.41, 5.74) is 15.2. The number of para-hydroxylation sites is 3. The molecule has 9 heterocycles. The van der Waals surface area contributed by atoms with E-state index in [0.29, 0.717) is 35.8 Å². The third-order valence-corrected chi connectivity index (χ3v) is 21.1. The lowest BCUT2D eigenvalue weighted by molar-refractivity contribution is -0.117. The summed E-state index contributed by atoms with van der Waals surface area (Å²) in [4.78, 5) is 29.6. The lowest BCUT2D eigenvalue weighted by Gasteiger charge is -2.57. The minimum absolute atomic E-state index is 0.0355. The van der Waals surface area contributed by atoms with E-state index in [2.05, 4.69) is 168 Å². The monoisotopic (exact) mass is 861 g/mol. The fraction of sp³-hybridized carbons (Fsp3) is 0.500. The predicted molar refractivity (Wildman–Crippen MR) is 260 cm³/mol. The molecule has 332 valence electrons. The summed E-state index contributed by atoms with van der Waals surface area (Å²) in [5, 5.41) is 4.15. The van der Waals surface area contributed by atoms with Crippen molar-refractivity contribution in [3.05, 3.63) is 148 Å². The second-order valence-electron chi connectivity index (χ2n) is 22.9. The predicted octanol–water partition coefficient (Wildman–Crippen LogP) is 8.99. The number of likely N-dealkylation sites (tertiary alicyclic amines) is 1. The molecule has 3 saturated heterocycles. The fourth-order valence-corrected chi connectivity index (χ4v) is 18.5. The maximum atomic E-state index is 16.1. The second-order valence-corrected chi connectivity index (χ2v) is 22.9. The van der Waals surface area contributed by atoms with Crippen LogP contribution in [-0.2, 0) is 21.0 Å². The molecule has 2 bridgehead atoms. The van der Waals surface area contributed by atoms with Crippen LogP contribution in [0.2, 0.25) is 0 Å². The van der Waals surface area contributed by atoms with Gasteiger partial charge in [0.1, 0.15) is 0 Å². The van der Waals surface area contributed by atoms with Crippen molar-refractivity contribution in [2.24, 2.45) is 29.6 Å². The molecular formula is C58H64N6O. The average Bonchev–Trinajstić information content (AvgIpc) is 4.16. The van der Waals surface area contributed by atoms with Crippen molar-refractivity contribution < 1.29 is 4.79 Å². The Morgan fingerprint density at radius 2 is 1.57 bits per heavy atom. The Kier molecular flexibility index (Phi) is 7.59. The van der Waals surface area contributed by atoms with Crippen LogP contribution in [0.5, 0.6) is 0 Å². The Hall–Kier alpha value is -4.69. The van der Waals surface area contributed by atoms with Gasteiger partial charge in [-0.1, -0.05) is 106 Å². The highest BCUT2D eigenvalue weighted by atomic mass is 16.2. The van der Waals surface area contributed by atoms with Crippen molar-refractivity contribution in [3.8, 4) is 0 Å². The molecular weight excluding hydrogens is 797 g/mol. The number of amides is 1. The van der Waals surface area contributed by atoms with Gasteiger partial charge in [0, 0.05) is 94.3 Å². The van der Waals surface area contributed by atoms with Gasteiger partial charge in [0.15, 0.2) is 0 Å².